The Kier molecular flexibility index (Phi) is 6.41. The first-order chi connectivity index (χ1) is 11.9. The summed E-state index contributed by atoms with van der Waals surface area (Å²) in [6, 6.07) is 11.3. The van der Waals surface area contributed by atoms with E-state index >= 15 is 0 Å². The molecular weight excluding hydrogens is 364 g/mol. The van der Waals surface area contributed by atoms with Crippen molar-refractivity contribution in [3.63, 3.8) is 0 Å². The van der Waals surface area contributed by atoms with Crippen LogP contribution in [0.15, 0.2) is 47.4 Å². The Morgan fingerprint density at radius 1 is 1.16 bits per heavy atom. The predicted molar refractivity (Wildman–Crippen MR) is 97.6 cm³/mol. The summed E-state index contributed by atoms with van der Waals surface area (Å²) in [6.45, 7) is 1.60. The Morgan fingerprint density at radius 2 is 1.84 bits per heavy atom. The Hall–Kier alpha value is -2.09. The van der Waals surface area contributed by atoms with Gasteiger partial charge in [0.15, 0.2) is 0 Å². The van der Waals surface area contributed by atoms with Gasteiger partial charge in [0.25, 0.3) is 0 Å². The van der Waals surface area contributed by atoms with Crippen LogP contribution in [0.25, 0.3) is 0 Å². The van der Waals surface area contributed by atoms with Crippen LogP contribution in [0.4, 0.5) is 5.69 Å². The number of methoxy groups -OCH3 is 1. The monoisotopic (exact) mass is 382 g/mol. The molecule has 0 atom stereocenters. The van der Waals surface area contributed by atoms with Gasteiger partial charge in [-0.2, -0.15) is 0 Å². The first-order valence-corrected chi connectivity index (χ1v) is 9.44. The summed E-state index contributed by atoms with van der Waals surface area (Å²) in [6.07, 6.45) is 0.820. The zero-order chi connectivity index (χ0) is 18.4. The summed E-state index contributed by atoms with van der Waals surface area (Å²) in [5, 5.41) is 2.91. The molecule has 2 aromatic rings. The lowest BCUT2D eigenvalue weighted by molar-refractivity contribution is -0.115. The van der Waals surface area contributed by atoms with Crippen molar-refractivity contribution >= 4 is 33.2 Å². The third kappa shape index (κ3) is 5.19. The number of hydrogen-bond acceptors (Lipinski definition) is 4. The third-order valence-corrected chi connectivity index (χ3v) is 5.21. The second kappa shape index (κ2) is 8.33. The van der Waals surface area contributed by atoms with Gasteiger partial charge in [-0.15, -0.1) is 0 Å². The molecule has 2 N–H and O–H groups in total. The smallest absolute Gasteiger partial charge is 0.241 e. The topological polar surface area (TPSA) is 84.5 Å². The van der Waals surface area contributed by atoms with Gasteiger partial charge in [-0.1, -0.05) is 30.7 Å². The zero-order valence-electron chi connectivity index (χ0n) is 13.9. The average molecular weight is 383 g/mol. The third-order valence-electron chi connectivity index (χ3n) is 3.50. The van der Waals surface area contributed by atoms with E-state index in [0.29, 0.717) is 16.5 Å². The molecule has 0 spiro atoms. The summed E-state index contributed by atoms with van der Waals surface area (Å²) < 4.78 is 31.7. The number of anilines is 1. The maximum absolute atomic E-state index is 12.2. The molecule has 0 fully saturated rings. The lowest BCUT2D eigenvalue weighted by Gasteiger charge is -2.10. The second-order valence-electron chi connectivity index (χ2n) is 5.22. The number of carbonyl (C=O) groups is 1. The number of rotatable bonds is 7. The maximum atomic E-state index is 12.2. The zero-order valence-corrected chi connectivity index (χ0v) is 15.4. The average Bonchev–Trinajstić information content (AvgIpc) is 2.60. The molecular formula is C17H19ClN2O4S. The number of amides is 1. The van der Waals surface area contributed by atoms with Crippen molar-refractivity contribution in [3.05, 3.63) is 53.1 Å². The Balaban J connectivity index is 1.97. The van der Waals surface area contributed by atoms with Crippen molar-refractivity contribution in [3.8, 4) is 5.75 Å². The molecule has 0 saturated carbocycles. The van der Waals surface area contributed by atoms with Crippen molar-refractivity contribution in [1.29, 1.82) is 0 Å². The molecule has 0 radical (unpaired) electrons. The van der Waals surface area contributed by atoms with Gasteiger partial charge in [0.2, 0.25) is 15.9 Å². The fourth-order valence-corrected chi connectivity index (χ4v) is 3.34. The highest BCUT2D eigenvalue weighted by Gasteiger charge is 2.15. The quantitative estimate of drug-likeness (QED) is 0.771. The second-order valence-corrected chi connectivity index (χ2v) is 7.39. The largest absolute Gasteiger partial charge is 0.495 e. The number of benzene rings is 2. The first-order valence-electron chi connectivity index (χ1n) is 7.57. The van der Waals surface area contributed by atoms with Crippen LogP contribution in [0.1, 0.15) is 12.5 Å². The highest BCUT2D eigenvalue weighted by Crippen LogP contribution is 2.27. The molecule has 0 aromatic heterocycles. The molecule has 0 aliphatic rings. The summed E-state index contributed by atoms with van der Waals surface area (Å²) >= 11 is 5.98. The predicted octanol–water partition coefficient (Wildman–Crippen LogP) is 2.83. The van der Waals surface area contributed by atoms with E-state index in [-0.39, 0.29) is 11.4 Å². The number of carbonyl (C=O) groups excluding carboxylic acids is 1. The van der Waals surface area contributed by atoms with Crippen molar-refractivity contribution in [1.82, 2.24) is 4.72 Å². The summed E-state index contributed by atoms with van der Waals surface area (Å²) in [4.78, 5) is 12.1. The molecule has 0 heterocycles. The SMILES string of the molecule is CCc1ccc(S(=O)(=O)NCC(=O)Nc2ccc(OC)c(Cl)c2)cc1. The number of ether oxygens (including phenoxy) is 1. The maximum Gasteiger partial charge on any atom is 0.241 e. The fourth-order valence-electron chi connectivity index (χ4n) is 2.10. The van der Waals surface area contributed by atoms with Crippen molar-refractivity contribution in [2.24, 2.45) is 0 Å². The summed E-state index contributed by atoms with van der Waals surface area (Å²) in [5.74, 6) is -0.0223. The standard InChI is InChI=1S/C17H19ClN2O4S/c1-3-12-4-7-14(8-5-12)25(22,23)19-11-17(21)20-13-6-9-16(24-2)15(18)10-13/h4-10,19H,3,11H2,1-2H3,(H,20,21). The van der Waals surface area contributed by atoms with Crippen LogP contribution in [0, 0.1) is 0 Å². The molecule has 134 valence electrons. The molecule has 0 aliphatic carbocycles. The molecule has 2 rings (SSSR count). The van der Waals surface area contributed by atoms with Gasteiger partial charge in [-0.05, 0) is 42.3 Å². The molecule has 8 heteroatoms. The van der Waals surface area contributed by atoms with Crippen LogP contribution in [-0.2, 0) is 21.2 Å². The Labute approximate surface area is 152 Å². The number of sulfonamides is 1. The highest BCUT2D eigenvalue weighted by molar-refractivity contribution is 7.89. The van der Waals surface area contributed by atoms with E-state index in [1.165, 1.54) is 25.3 Å². The number of nitrogens with one attached hydrogen (secondary N) is 2. The van der Waals surface area contributed by atoms with Gasteiger partial charge in [0.05, 0.1) is 23.6 Å². The van der Waals surface area contributed by atoms with E-state index in [4.69, 9.17) is 16.3 Å². The molecule has 0 unspecified atom stereocenters. The minimum absolute atomic E-state index is 0.116. The summed E-state index contributed by atoms with van der Waals surface area (Å²) in [7, 11) is -2.26. The normalized spacial score (nSPS) is 11.2. The molecule has 0 aliphatic heterocycles. The van der Waals surface area contributed by atoms with Crippen LogP contribution in [0.3, 0.4) is 0 Å². The van der Waals surface area contributed by atoms with E-state index in [9.17, 15) is 13.2 Å². The molecule has 25 heavy (non-hydrogen) atoms. The number of aryl methyl sites for hydroxylation is 1. The molecule has 6 nitrogen and oxygen atoms in total. The van der Waals surface area contributed by atoms with Gasteiger partial charge in [-0.25, -0.2) is 13.1 Å². The van der Waals surface area contributed by atoms with Gasteiger partial charge in [0.1, 0.15) is 5.75 Å². The molecule has 1 amide bonds. The Morgan fingerprint density at radius 3 is 2.40 bits per heavy atom. The molecule has 0 bridgehead atoms. The van der Waals surface area contributed by atoms with E-state index in [0.717, 1.165) is 12.0 Å². The lowest BCUT2D eigenvalue weighted by Crippen LogP contribution is -2.32. The highest BCUT2D eigenvalue weighted by atomic mass is 35.5. The van der Waals surface area contributed by atoms with Gasteiger partial charge in [-0.3, -0.25) is 4.79 Å². The van der Waals surface area contributed by atoms with E-state index in [1.54, 1.807) is 24.3 Å². The van der Waals surface area contributed by atoms with Crippen molar-refractivity contribution in [2.75, 3.05) is 19.0 Å². The van der Waals surface area contributed by atoms with Crippen LogP contribution in [0.5, 0.6) is 5.75 Å². The van der Waals surface area contributed by atoms with Gasteiger partial charge in [0, 0.05) is 5.69 Å². The van der Waals surface area contributed by atoms with E-state index in [2.05, 4.69) is 10.0 Å². The van der Waals surface area contributed by atoms with E-state index in [1.807, 2.05) is 6.92 Å². The molecule has 2 aromatic carbocycles. The first kappa shape index (κ1) is 19.2. The number of halogens is 1. The minimum atomic E-state index is -3.75. The van der Waals surface area contributed by atoms with Gasteiger partial charge < -0.3 is 10.1 Å². The molecule has 0 saturated heterocycles. The van der Waals surface area contributed by atoms with Gasteiger partial charge >= 0.3 is 0 Å². The minimum Gasteiger partial charge on any atom is -0.495 e. The van der Waals surface area contributed by atoms with Crippen LogP contribution in [0.2, 0.25) is 5.02 Å². The number of hydrogen-bond donors (Lipinski definition) is 2. The van der Waals surface area contributed by atoms with Crippen LogP contribution in [-0.4, -0.2) is 28.0 Å². The summed E-state index contributed by atoms with van der Waals surface area (Å²) in [5.41, 5.74) is 1.48. The lowest BCUT2D eigenvalue weighted by atomic mass is 10.2. The fraction of sp³-hybridized carbons (Fsp3) is 0.235. The van der Waals surface area contributed by atoms with Crippen molar-refractivity contribution < 1.29 is 17.9 Å². The van der Waals surface area contributed by atoms with Crippen LogP contribution < -0.4 is 14.8 Å². The van der Waals surface area contributed by atoms with E-state index < -0.39 is 15.9 Å². The van der Waals surface area contributed by atoms with Crippen molar-refractivity contribution in [2.45, 2.75) is 18.2 Å². The van der Waals surface area contributed by atoms with Crippen LogP contribution >= 0.6 is 11.6 Å². The Bertz CT molecular complexity index is 851.